The number of aliphatic hydroxyl groups is 1. The highest BCUT2D eigenvalue weighted by atomic mass is 32.2. The van der Waals surface area contributed by atoms with Gasteiger partial charge in [0, 0.05) is 35.0 Å². The number of unbranched alkanes of at least 4 members (excludes halogenated alkanes) is 3. The smallest absolute Gasteiger partial charge is 0.316 e. The van der Waals surface area contributed by atoms with Gasteiger partial charge >= 0.3 is 5.97 Å². The number of carbonyl (C=O) groups excluding carboxylic acids is 2. The van der Waals surface area contributed by atoms with Crippen molar-refractivity contribution in [2.45, 2.75) is 122 Å². The van der Waals surface area contributed by atoms with Gasteiger partial charge in [-0.25, -0.2) is 0 Å². The molecular weight excluding hydrogens is 534 g/mol. The van der Waals surface area contributed by atoms with E-state index in [1.165, 1.54) is 0 Å². The maximum absolute atomic E-state index is 13.7. The predicted molar refractivity (Wildman–Crippen MR) is 168 cm³/mol. The van der Waals surface area contributed by atoms with Crippen LogP contribution in [0.15, 0.2) is 0 Å². The third-order valence-corrected chi connectivity index (χ3v) is 13.3. The predicted octanol–water partition coefficient (Wildman–Crippen LogP) is 4.69. The van der Waals surface area contributed by atoms with Gasteiger partial charge in [-0.05, 0) is 101 Å². The largest absolute Gasteiger partial charge is 0.461 e. The lowest BCUT2D eigenvalue weighted by molar-refractivity contribution is -0.210. The molecule has 9 atom stereocenters. The van der Waals surface area contributed by atoms with Gasteiger partial charge in [-0.15, -0.1) is 11.8 Å². The molecule has 1 heterocycles. The summed E-state index contributed by atoms with van der Waals surface area (Å²) >= 11 is 1.73. The first kappa shape index (κ1) is 33.2. The molecule has 0 radical (unpaired) electrons. The van der Waals surface area contributed by atoms with Crippen molar-refractivity contribution in [3.05, 3.63) is 0 Å². The topological polar surface area (TPSA) is 114 Å². The molecule has 1 aliphatic heterocycles. The molecule has 1 saturated heterocycles. The zero-order valence-electron chi connectivity index (χ0n) is 26.3. The third kappa shape index (κ3) is 7.02. The number of aliphatic hydroxyl groups excluding tert-OH is 1. The van der Waals surface area contributed by atoms with Crippen LogP contribution in [0.2, 0.25) is 0 Å². The molecule has 0 aromatic carbocycles. The van der Waals surface area contributed by atoms with Gasteiger partial charge in [0.15, 0.2) is 0 Å². The van der Waals surface area contributed by atoms with Crippen molar-refractivity contribution in [3.8, 4) is 0 Å². The van der Waals surface area contributed by atoms with E-state index in [2.05, 4.69) is 38.3 Å². The van der Waals surface area contributed by atoms with Crippen molar-refractivity contribution in [1.29, 1.82) is 0 Å². The SMILES string of the molecule is C[C@@H]1CC[C@@]23CCC(=O)[C@H]2[C@]1(C)[C@H](OC(=O)CSC1CCCNCC1)C[C@](C)(CNCCCCCCN)[C@@H](O)[C@@H]3C. The standard InChI is InChI=1S/C33H59N3O4S/c1-23-11-14-33-15-12-26(37)29(33)32(23,4)27(40-28(38)21-41-25-10-9-18-35-19-13-25)20-31(3,30(39)24(33)2)22-36-17-8-6-5-7-16-34/h23-25,27,29-30,35-36,39H,5-22,34H2,1-4H3/t23-,24+,25?,27-,29+,30+,31-,32+,33+/m1/s1. The fourth-order valence-corrected chi connectivity index (χ4v) is 10.2. The van der Waals surface area contributed by atoms with Crippen molar-refractivity contribution >= 4 is 23.5 Å². The van der Waals surface area contributed by atoms with E-state index in [-0.39, 0.29) is 29.1 Å². The minimum atomic E-state index is -0.576. The van der Waals surface area contributed by atoms with E-state index in [4.69, 9.17) is 10.5 Å². The summed E-state index contributed by atoms with van der Waals surface area (Å²) in [5, 5.41) is 19.7. The normalized spacial score (nSPS) is 41.3. The molecule has 4 fully saturated rings. The zero-order chi connectivity index (χ0) is 29.7. The van der Waals surface area contributed by atoms with E-state index in [1.807, 2.05) is 0 Å². The number of Topliss-reactive ketones (excluding diaryl/α,β-unsaturated/α-hetero) is 1. The monoisotopic (exact) mass is 593 g/mol. The van der Waals surface area contributed by atoms with Gasteiger partial charge in [0.2, 0.25) is 0 Å². The van der Waals surface area contributed by atoms with E-state index >= 15 is 0 Å². The van der Waals surface area contributed by atoms with Gasteiger partial charge in [0.1, 0.15) is 11.9 Å². The fraction of sp³-hybridized carbons (Fsp3) is 0.939. The summed E-state index contributed by atoms with van der Waals surface area (Å²) in [5.74, 6) is 0.624. The highest BCUT2D eigenvalue weighted by Gasteiger charge is 2.68. The molecule has 0 spiro atoms. The van der Waals surface area contributed by atoms with Gasteiger partial charge in [0.25, 0.3) is 0 Å². The van der Waals surface area contributed by atoms with Crippen LogP contribution in [-0.2, 0) is 14.3 Å². The lowest BCUT2D eigenvalue weighted by atomic mass is 9.44. The Kier molecular flexibility index (Phi) is 11.7. The Bertz CT molecular complexity index is 883. The Hall–Kier alpha value is -0.670. The van der Waals surface area contributed by atoms with E-state index in [0.717, 1.165) is 90.4 Å². The lowest BCUT2D eigenvalue weighted by Gasteiger charge is -2.62. The molecule has 0 amide bonds. The quantitative estimate of drug-likeness (QED) is 0.190. The maximum atomic E-state index is 13.7. The Balaban J connectivity index is 1.56. The van der Waals surface area contributed by atoms with Gasteiger partial charge in [-0.1, -0.05) is 40.5 Å². The Morgan fingerprint density at radius 2 is 1.90 bits per heavy atom. The van der Waals surface area contributed by atoms with E-state index in [9.17, 15) is 14.7 Å². The summed E-state index contributed by atoms with van der Waals surface area (Å²) in [6.45, 7) is 13.3. The first-order valence-electron chi connectivity index (χ1n) is 16.7. The second-order valence-electron chi connectivity index (χ2n) is 14.5. The van der Waals surface area contributed by atoms with Crippen molar-refractivity contribution < 1.29 is 19.4 Å². The number of hydrogen-bond donors (Lipinski definition) is 4. The molecule has 4 aliphatic rings. The van der Waals surface area contributed by atoms with Crippen molar-refractivity contribution in [3.63, 3.8) is 0 Å². The summed E-state index contributed by atoms with van der Waals surface area (Å²) < 4.78 is 6.53. The molecule has 3 aliphatic carbocycles. The molecule has 41 heavy (non-hydrogen) atoms. The Morgan fingerprint density at radius 1 is 1.12 bits per heavy atom. The summed E-state index contributed by atoms with van der Waals surface area (Å²) in [7, 11) is 0. The number of hydrogen-bond acceptors (Lipinski definition) is 8. The molecule has 2 bridgehead atoms. The van der Waals surface area contributed by atoms with Gasteiger partial charge in [-0.3, -0.25) is 9.59 Å². The number of carbonyl (C=O) groups is 2. The summed E-state index contributed by atoms with van der Waals surface area (Å²) in [4.78, 5) is 27.2. The van der Waals surface area contributed by atoms with Gasteiger partial charge in [-0.2, -0.15) is 0 Å². The van der Waals surface area contributed by atoms with E-state index < -0.39 is 23.0 Å². The highest BCUT2D eigenvalue weighted by molar-refractivity contribution is 8.00. The zero-order valence-corrected chi connectivity index (χ0v) is 27.2. The van der Waals surface area contributed by atoms with Crippen LogP contribution in [-0.4, -0.2) is 72.8 Å². The number of rotatable bonds is 12. The van der Waals surface area contributed by atoms with E-state index in [1.54, 1.807) is 11.8 Å². The molecule has 0 aromatic heterocycles. The average Bonchev–Trinajstić information content (AvgIpc) is 3.11. The third-order valence-electron chi connectivity index (χ3n) is 12.0. The highest BCUT2D eigenvalue weighted by Crippen LogP contribution is 2.67. The Labute approximate surface area is 253 Å². The second kappa shape index (κ2) is 14.4. The van der Waals surface area contributed by atoms with Crippen LogP contribution in [0.3, 0.4) is 0 Å². The van der Waals surface area contributed by atoms with E-state index in [0.29, 0.717) is 36.2 Å². The molecule has 8 heteroatoms. The molecule has 7 nitrogen and oxygen atoms in total. The van der Waals surface area contributed by atoms with Crippen LogP contribution in [0, 0.1) is 34.0 Å². The van der Waals surface area contributed by atoms with Gasteiger partial charge in [0.05, 0.1) is 11.9 Å². The second-order valence-corrected chi connectivity index (χ2v) is 15.8. The number of ether oxygens (including phenoxy) is 1. The molecule has 5 N–H and O–H groups in total. The summed E-state index contributed by atoms with van der Waals surface area (Å²) in [6.07, 6.45) is 10.8. The minimum Gasteiger partial charge on any atom is -0.461 e. The Morgan fingerprint density at radius 3 is 2.68 bits per heavy atom. The van der Waals surface area contributed by atoms with Crippen molar-refractivity contribution in [2.24, 2.45) is 39.7 Å². The van der Waals surface area contributed by atoms with Crippen LogP contribution in [0.5, 0.6) is 0 Å². The van der Waals surface area contributed by atoms with Crippen LogP contribution in [0.25, 0.3) is 0 Å². The molecule has 0 aromatic rings. The maximum Gasteiger partial charge on any atom is 0.316 e. The van der Waals surface area contributed by atoms with Gasteiger partial charge < -0.3 is 26.2 Å². The summed E-state index contributed by atoms with van der Waals surface area (Å²) in [5.41, 5.74) is 4.52. The molecule has 4 rings (SSSR count). The minimum absolute atomic E-state index is 0.0122. The fourth-order valence-electron chi connectivity index (χ4n) is 9.18. The number of esters is 1. The molecule has 3 saturated carbocycles. The molecule has 236 valence electrons. The number of nitrogens with one attached hydrogen (secondary N) is 2. The van der Waals surface area contributed by atoms with Crippen LogP contribution < -0.4 is 16.4 Å². The van der Waals surface area contributed by atoms with Crippen LogP contribution >= 0.6 is 11.8 Å². The molecule has 1 unspecified atom stereocenters. The average molecular weight is 594 g/mol. The first-order valence-corrected chi connectivity index (χ1v) is 17.8. The molecular formula is C33H59N3O4S. The van der Waals surface area contributed by atoms with Crippen molar-refractivity contribution in [1.82, 2.24) is 10.6 Å². The number of ketones is 1. The lowest BCUT2D eigenvalue weighted by Crippen LogP contribution is -2.64. The summed E-state index contributed by atoms with van der Waals surface area (Å²) in [6, 6.07) is 0. The van der Waals surface area contributed by atoms with Crippen molar-refractivity contribution in [2.75, 3.05) is 38.5 Å². The first-order chi connectivity index (χ1) is 19.6. The number of nitrogens with two attached hydrogens (primary N) is 1. The van der Waals surface area contributed by atoms with Crippen LogP contribution in [0.4, 0.5) is 0 Å². The van der Waals surface area contributed by atoms with Crippen LogP contribution in [0.1, 0.15) is 105 Å². The number of thioether (sulfide) groups is 1.